The van der Waals surface area contributed by atoms with Crippen LogP contribution in [0.4, 0.5) is 10.2 Å². The van der Waals surface area contributed by atoms with Gasteiger partial charge >= 0.3 is 0 Å². The number of rotatable bonds is 4. The van der Waals surface area contributed by atoms with Crippen molar-refractivity contribution in [3.05, 3.63) is 53.2 Å². The van der Waals surface area contributed by atoms with Crippen molar-refractivity contribution in [1.82, 2.24) is 14.9 Å². The lowest BCUT2D eigenvalue weighted by molar-refractivity contribution is -0.141. The Hall–Kier alpha value is -2.54. The van der Waals surface area contributed by atoms with E-state index in [9.17, 15) is 9.18 Å². The van der Waals surface area contributed by atoms with Crippen LogP contribution in [0.15, 0.2) is 30.3 Å². The lowest BCUT2D eigenvalue weighted by atomic mass is 9.73. The minimum atomic E-state index is -0.634. The second kappa shape index (κ2) is 8.91. The molecule has 0 spiro atoms. The molecule has 2 aromatic rings. The quantitative estimate of drug-likeness (QED) is 0.750. The third-order valence-corrected chi connectivity index (χ3v) is 6.42. The van der Waals surface area contributed by atoms with Crippen LogP contribution >= 0.6 is 0 Å². The van der Waals surface area contributed by atoms with Crippen LogP contribution in [0.3, 0.4) is 0 Å². The molecule has 3 heterocycles. The number of hydrogen-bond acceptors (Lipinski definition) is 5. The van der Waals surface area contributed by atoms with Crippen LogP contribution < -0.4 is 4.90 Å². The van der Waals surface area contributed by atoms with Gasteiger partial charge in [-0.25, -0.2) is 14.4 Å². The number of carbonyl (C=O) groups is 1. The largest absolute Gasteiger partial charge is 0.381 e. The van der Waals surface area contributed by atoms with E-state index in [0.717, 1.165) is 36.0 Å². The summed E-state index contributed by atoms with van der Waals surface area (Å²) in [5, 5.41) is 0. The maximum Gasteiger partial charge on any atom is 0.233 e. The maximum absolute atomic E-state index is 13.7. The fourth-order valence-corrected chi connectivity index (χ4v) is 4.55. The Morgan fingerprint density at radius 1 is 1.06 bits per heavy atom. The van der Waals surface area contributed by atoms with Crippen LogP contribution in [-0.2, 0) is 14.9 Å². The maximum atomic E-state index is 13.7. The Kier molecular flexibility index (Phi) is 6.23. The normalized spacial score (nSPS) is 19.0. The van der Waals surface area contributed by atoms with Gasteiger partial charge in [0.25, 0.3) is 0 Å². The highest BCUT2D eigenvalue weighted by Gasteiger charge is 2.44. The lowest BCUT2D eigenvalue weighted by Crippen LogP contribution is -2.56. The van der Waals surface area contributed by atoms with Crippen molar-refractivity contribution in [2.45, 2.75) is 44.9 Å². The second-order valence-corrected chi connectivity index (χ2v) is 8.86. The monoisotopic (exact) mass is 426 g/mol. The summed E-state index contributed by atoms with van der Waals surface area (Å²) in [5.41, 5.74) is 1.21. The van der Waals surface area contributed by atoms with Crippen LogP contribution in [0, 0.1) is 12.7 Å². The Balaban J connectivity index is 1.51. The number of aryl methyl sites for hydroxylation is 1. The van der Waals surface area contributed by atoms with E-state index in [2.05, 4.69) is 23.7 Å². The summed E-state index contributed by atoms with van der Waals surface area (Å²) in [4.78, 5) is 27.2. The number of hydrogen-bond donors (Lipinski definition) is 0. The predicted octanol–water partition coefficient (Wildman–Crippen LogP) is 3.44. The predicted molar refractivity (Wildman–Crippen MR) is 118 cm³/mol. The van der Waals surface area contributed by atoms with Gasteiger partial charge in [-0.05, 0) is 37.5 Å². The van der Waals surface area contributed by atoms with Crippen LogP contribution in [0.2, 0.25) is 0 Å². The smallest absolute Gasteiger partial charge is 0.233 e. The van der Waals surface area contributed by atoms with Crippen LogP contribution in [0.5, 0.6) is 0 Å². The first-order valence-corrected chi connectivity index (χ1v) is 11.1. The first kappa shape index (κ1) is 21.7. The van der Waals surface area contributed by atoms with E-state index in [4.69, 9.17) is 9.72 Å². The van der Waals surface area contributed by atoms with Crippen LogP contribution in [0.1, 0.15) is 49.7 Å². The zero-order chi connectivity index (χ0) is 22.0. The molecule has 0 bridgehead atoms. The van der Waals surface area contributed by atoms with Crippen molar-refractivity contribution >= 4 is 11.7 Å². The van der Waals surface area contributed by atoms with Crippen LogP contribution in [-0.4, -0.2) is 60.2 Å². The number of amides is 1. The standard InChI is InChI=1S/C24H31FN4O2/c1-17(2)22-26-18(3)16-21(27-22)28-10-12-29(13-11-28)23(30)24(8-14-31-15-9-24)19-4-6-20(25)7-5-19/h4-7,16-17H,8-15H2,1-3H3. The average molecular weight is 427 g/mol. The van der Waals surface area contributed by atoms with E-state index >= 15 is 0 Å². The highest BCUT2D eigenvalue weighted by atomic mass is 19.1. The number of ether oxygens (including phenoxy) is 1. The van der Waals surface area contributed by atoms with Gasteiger partial charge in [0, 0.05) is 57.1 Å². The highest BCUT2D eigenvalue weighted by molar-refractivity contribution is 5.88. The van der Waals surface area contributed by atoms with Crippen molar-refractivity contribution in [2.75, 3.05) is 44.3 Å². The Morgan fingerprint density at radius 3 is 2.32 bits per heavy atom. The molecule has 4 rings (SSSR count). The Bertz CT molecular complexity index is 918. The topological polar surface area (TPSA) is 58.6 Å². The molecular weight excluding hydrogens is 395 g/mol. The first-order valence-electron chi connectivity index (χ1n) is 11.1. The summed E-state index contributed by atoms with van der Waals surface area (Å²) in [7, 11) is 0. The molecule has 31 heavy (non-hydrogen) atoms. The fraction of sp³-hybridized carbons (Fsp3) is 0.542. The minimum absolute atomic E-state index is 0.129. The fourth-order valence-electron chi connectivity index (χ4n) is 4.55. The zero-order valence-corrected chi connectivity index (χ0v) is 18.6. The molecule has 1 aromatic carbocycles. The molecule has 7 heteroatoms. The molecule has 1 amide bonds. The molecule has 2 aliphatic rings. The molecule has 166 valence electrons. The Morgan fingerprint density at radius 2 is 1.71 bits per heavy atom. The molecule has 2 aliphatic heterocycles. The van der Waals surface area contributed by atoms with Gasteiger partial charge in [-0.15, -0.1) is 0 Å². The van der Waals surface area contributed by atoms with E-state index in [1.165, 1.54) is 12.1 Å². The van der Waals surface area contributed by atoms with Crippen LogP contribution in [0.25, 0.3) is 0 Å². The average Bonchev–Trinajstić information content (AvgIpc) is 2.79. The number of carbonyl (C=O) groups excluding carboxylic acids is 1. The van der Waals surface area contributed by atoms with E-state index in [1.807, 2.05) is 17.9 Å². The van der Waals surface area contributed by atoms with Gasteiger partial charge < -0.3 is 14.5 Å². The van der Waals surface area contributed by atoms with Crippen molar-refractivity contribution in [2.24, 2.45) is 0 Å². The van der Waals surface area contributed by atoms with E-state index in [0.29, 0.717) is 39.1 Å². The molecular formula is C24H31FN4O2. The van der Waals surface area contributed by atoms with Crippen molar-refractivity contribution in [1.29, 1.82) is 0 Å². The van der Waals surface area contributed by atoms with Gasteiger partial charge in [-0.2, -0.15) is 0 Å². The molecule has 0 N–H and O–H groups in total. The summed E-state index contributed by atoms with van der Waals surface area (Å²) in [5.74, 6) is 1.90. The number of benzene rings is 1. The summed E-state index contributed by atoms with van der Waals surface area (Å²) in [6.45, 7) is 10.0. The van der Waals surface area contributed by atoms with Gasteiger partial charge in [0.1, 0.15) is 17.5 Å². The molecule has 2 saturated heterocycles. The van der Waals surface area contributed by atoms with Gasteiger partial charge in [-0.3, -0.25) is 4.79 Å². The summed E-state index contributed by atoms with van der Waals surface area (Å²) < 4.78 is 19.1. The van der Waals surface area contributed by atoms with Crippen molar-refractivity contribution in [3.8, 4) is 0 Å². The molecule has 1 aromatic heterocycles. The minimum Gasteiger partial charge on any atom is -0.381 e. The molecule has 6 nitrogen and oxygen atoms in total. The second-order valence-electron chi connectivity index (χ2n) is 8.86. The first-order chi connectivity index (χ1) is 14.9. The zero-order valence-electron chi connectivity index (χ0n) is 18.6. The highest BCUT2D eigenvalue weighted by Crippen LogP contribution is 2.37. The van der Waals surface area contributed by atoms with Gasteiger partial charge in [0.15, 0.2) is 0 Å². The van der Waals surface area contributed by atoms with E-state index in [-0.39, 0.29) is 17.6 Å². The third kappa shape index (κ3) is 4.42. The van der Waals surface area contributed by atoms with Crippen molar-refractivity contribution in [3.63, 3.8) is 0 Å². The lowest BCUT2D eigenvalue weighted by Gasteiger charge is -2.43. The van der Waals surface area contributed by atoms with Gasteiger partial charge in [0.05, 0.1) is 5.41 Å². The third-order valence-electron chi connectivity index (χ3n) is 6.42. The number of anilines is 1. The molecule has 0 aliphatic carbocycles. The number of piperazine rings is 1. The Labute approximate surface area is 183 Å². The van der Waals surface area contributed by atoms with E-state index in [1.54, 1.807) is 12.1 Å². The molecule has 0 unspecified atom stereocenters. The molecule has 0 radical (unpaired) electrons. The van der Waals surface area contributed by atoms with E-state index < -0.39 is 5.41 Å². The van der Waals surface area contributed by atoms with Crippen molar-refractivity contribution < 1.29 is 13.9 Å². The molecule has 0 atom stereocenters. The summed E-state index contributed by atoms with van der Waals surface area (Å²) in [6, 6.07) is 8.42. The molecule has 2 fully saturated rings. The summed E-state index contributed by atoms with van der Waals surface area (Å²) in [6.07, 6.45) is 1.25. The summed E-state index contributed by atoms with van der Waals surface area (Å²) >= 11 is 0. The SMILES string of the molecule is Cc1cc(N2CCN(C(=O)C3(c4ccc(F)cc4)CCOCC3)CC2)nc(C(C)C)n1. The number of halogens is 1. The number of nitrogens with zero attached hydrogens (tertiary/aromatic N) is 4. The number of aromatic nitrogens is 2. The molecule has 0 saturated carbocycles. The van der Waals surface area contributed by atoms with Gasteiger partial charge in [-0.1, -0.05) is 26.0 Å². The van der Waals surface area contributed by atoms with Gasteiger partial charge in [0.2, 0.25) is 5.91 Å².